The number of quaternary nitrogens is 1. The van der Waals surface area contributed by atoms with Gasteiger partial charge in [-0.15, -0.1) is 0 Å². The predicted molar refractivity (Wildman–Crippen MR) is 90.8 cm³/mol. The molecular weight excluding hydrogens is 364 g/mol. The fourth-order valence-electron chi connectivity index (χ4n) is 3.11. The van der Waals surface area contributed by atoms with Gasteiger partial charge in [0.1, 0.15) is 25.3 Å². The maximum Gasteiger partial charge on any atom is 0.323 e. The first-order valence-corrected chi connectivity index (χ1v) is 8.40. The number of hydrogen-bond acceptors (Lipinski definition) is 3. The molecule has 1 aromatic heterocycles. The van der Waals surface area contributed by atoms with E-state index in [1.807, 2.05) is 13.8 Å². The van der Waals surface area contributed by atoms with Gasteiger partial charge in [0.05, 0.1) is 16.7 Å². The van der Waals surface area contributed by atoms with Crippen molar-refractivity contribution in [2.24, 2.45) is 0 Å². The summed E-state index contributed by atoms with van der Waals surface area (Å²) in [5, 5.41) is 2.91. The molecule has 1 amide bonds. The fourth-order valence-corrected chi connectivity index (χ4v) is 3.55. The molecule has 124 valence electrons. The highest BCUT2D eigenvalue weighted by atomic mass is 79.9. The molecule has 1 fully saturated rings. The van der Waals surface area contributed by atoms with Crippen molar-refractivity contribution < 1.29 is 14.4 Å². The van der Waals surface area contributed by atoms with Crippen LogP contribution >= 0.6 is 15.9 Å². The zero-order valence-electron chi connectivity index (χ0n) is 13.0. The van der Waals surface area contributed by atoms with E-state index < -0.39 is 0 Å². The van der Waals surface area contributed by atoms with Crippen LogP contribution < -0.4 is 15.9 Å². The van der Waals surface area contributed by atoms with Gasteiger partial charge in [-0.1, -0.05) is 0 Å². The van der Waals surface area contributed by atoms with Crippen molar-refractivity contribution >= 4 is 38.6 Å². The molecule has 2 atom stereocenters. The number of imidazole rings is 1. The third kappa shape index (κ3) is 3.82. The smallest absolute Gasteiger partial charge is 0.323 e. The third-order valence-corrected chi connectivity index (χ3v) is 4.56. The Labute approximate surface area is 141 Å². The lowest BCUT2D eigenvalue weighted by atomic mass is 10.2. The summed E-state index contributed by atoms with van der Waals surface area (Å²) in [6.45, 7) is 6.10. The first kappa shape index (κ1) is 16.2. The Kier molecular flexibility index (Phi) is 4.56. The quantitative estimate of drug-likeness (QED) is 0.612. The molecule has 23 heavy (non-hydrogen) atoms. The number of rotatable bonds is 3. The van der Waals surface area contributed by atoms with Gasteiger partial charge in [0.2, 0.25) is 0 Å². The number of aromatic nitrogens is 2. The molecule has 1 saturated heterocycles. The van der Waals surface area contributed by atoms with Gasteiger partial charge >= 0.3 is 5.69 Å². The lowest BCUT2D eigenvalue weighted by Crippen LogP contribution is -3.16. The van der Waals surface area contributed by atoms with Crippen LogP contribution in [0.5, 0.6) is 0 Å². The number of nitrogens with one attached hydrogen (secondary N) is 4. The predicted octanol–water partition coefficient (Wildman–Crippen LogP) is 0.249. The number of carbonyl (C=O) groups excluding carboxylic acids is 1. The van der Waals surface area contributed by atoms with Gasteiger partial charge < -0.3 is 24.9 Å². The number of H-pyrrole nitrogens is 2. The molecule has 1 aliphatic heterocycles. The molecule has 0 aliphatic carbocycles. The highest BCUT2D eigenvalue weighted by Gasteiger charge is 2.27. The number of ether oxygens (including phenoxy) is 1. The first-order valence-electron chi connectivity index (χ1n) is 7.61. The molecule has 1 aromatic carbocycles. The summed E-state index contributed by atoms with van der Waals surface area (Å²) in [5.74, 6) is -0.0563. The number of carbonyl (C=O) groups is 1. The van der Waals surface area contributed by atoms with Crippen molar-refractivity contribution in [2.75, 3.05) is 25.0 Å². The van der Waals surface area contributed by atoms with E-state index in [0.29, 0.717) is 23.3 Å². The summed E-state index contributed by atoms with van der Waals surface area (Å²) in [5.41, 5.74) is 1.73. The van der Waals surface area contributed by atoms with Gasteiger partial charge in [-0.2, -0.15) is 0 Å². The van der Waals surface area contributed by atoms with E-state index in [4.69, 9.17) is 4.74 Å². The standard InChI is InChI=1S/C15H19BrN4O3/c1-8-5-20(6-9(2)23-8)7-14(21)17-11-4-13-12(3-10(11)16)18-15(22)19-13/h3-4,8-9H,5-7H2,1-2H3,(H,17,21)(H2,18,19,22)/p+1/t8-,9-/m0/s1. The summed E-state index contributed by atoms with van der Waals surface area (Å²) in [6, 6.07) is 3.52. The molecular formula is C15H20BrN4O3+. The number of anilines is 1. The number of hydrogen-bond donors (Lipinski definition) is 4. The molecule has 3 rings (SSSR count). The Bertz CT molecular complexity index is 775. The monoisotopic (exact) mass is 383 g/mol. The van der Waals surface area contributed by atoms with Gasteiger partial charge in [0, 0.05) is 4.47 Å². The summed E-state index contributed by atoms with van der Waals surface area (Å²) >= 11 is 3.42. The number of fused-ring (bicyclic) bond motifs is 1. The summed E-state index contributed by atoms with van der Waals surface area (Å²) in [7, 11) is 0. The van der Waals surface area contributed by atoms with Crippen LogP contribution in [0.4, 0.5) is 5.69 Å². The van der Waals surface area contributed by atoms with Crippen LogP contribution in [0.3, 0.4) is 0 Å². The van der Waals surface area contributed by atoms with Crippen molar-refractivity contribution in [3.05, 3.63) is 27.1 Å². The molecule has 2 aromatic rings. The van der Waals surface area contributed by atoms with Crippen LogP contribution in [-0.2, 0) is 9.53 Å². The van der Waals surface area contributed by atoms with Crippen LogP contribution in [0, 0.1) is 0 Å². The zero-order valence-corrected chi connectivity index (χ0v) is 14.6. The molecule has 0 unspecified atom stereocenters. The van der Waals surface area contributed by atoms with Crippen LogP contribution in [0.2, 0.25) is 0 Å². The minimum absolute atomic E-state index is 0.0563. The van der Waals surface area contributed by atoms with Crippen LogP contribution in [-0.4, -0.2) is 47.7 Å². The van der Waals surface area contributed by atoms with E-state index in [1.165, 1.54) is 4.90 Å². The van der Waals surface area contributed by atoms with Crippen LogP contribution in [0.15, 0.2) is 21.4 Å². The minimum atomic E-state index is -0.267. The second kappa shape index (κ2) is 6.46. The lowest BCUT2D eigenvalue weighted by molar-refractivity contribution is -0.907. The third-order valence-electron chi connectivity index (χ3n) is 3.91. The number of halogens is 1. The summed E-state index contributed by atoms with van der Waals surface area (Å²) < 4.78 is 6.42. The number of benzene rings is 1. The molecule has 4 N–H and O–H groups in total. The average molecular weight is 384 g/mol. The number of morpholine rings is 1. The van der Waals surface area contributed by atoms with Gasteiger partial charge in [-0.3, -0.25) is 4.79 Å². The van der Waals surface area contributed by atoms with Crippen molar-refractivity contribution in [1.82, 2.24) is 9.97 Å². The van der Waals surface area contributed by atoms with E-state index in [1.54, 1.807) is 12.1 Å². The normalized spacial score (nSPS) is 24.7. The van der Waals surface area contributed by atoms with Crippen molar-refractivity contribution in [3.8, 4) is 0 Å². The van der Waals surface area contributed by atoms with Gasteiger partial charge in [-0.25, -0.2) is 4.79 Å². The van der Waals surface area contributed by atoms with E-state index >= 15 is 0 Å². The fraction of sp³-hybridized carbons (Fsp3) is 0.467. The second-order valence-corrected chi connectivity index (χ2v) is 6.95. The Morgan fingerprint density at radius 2 is 1.91 bits per heavy atom. The van der Waals surface area contributed by atoms with Gasteiger partial charge in [0.25, 0.3) is 5.91 Å². The Morgan fingerprint density at radius 3 is 2.57 bits per heavy atom. The molecule has 2 heterocycles. The largest absolute Gasteiger partial charge is 0.364 e. The topological polar surface area (TPSA) is 91.4 Å². The Morgan fingerprint density at radius 1 is 1.30 bits per heavy atom. The van der Waals surface area contributed by atoms with Crippen molar-refractivity contribution in [1.29, 1.82) is 0 Å². The van der Waals surface area contributed by atoms with Gasteiger partial charge in [0.15, 0.2) is 6.54 Å². The molecule has 0 radical (unpaired) electrons. The molecule has 0 spiro atoms. The van der Waals surface area contributed by atoms with Crippen LogP contribution in [0.25, 0.3) is 11.0 Å². The highest BCUT2D eigenvalue weighted by molar-refractivity contribution is 9.10. The van der Waals surface area contributed by atoms with E-state index in [2.05, 4.69) is 31.2 Å². The SMILES string of the molecule is C[C@H]1C[NH+](CC(=O)Nc2cc3[nH]c(=O)[nH]c3cc2Br)C[C@H](C)O1. The molecule has 8 heteroatoms. The molecule has 0 bridgehead atoms. The van der Waals surface area contributed by atoms with Crippen molar-refractivity contribution in [3.63, 3.8) is 0 Å². The second-order valence-electron chi connectivity index (χ2n) is 6.10. The van der Waals surface area contributed by atoms with E-state index in [-0.39, 0.29) is 23.8 Å². The Hall–Kier alpha value is -1.64. The molecule has 1 aliphatic rings. The van der Waals surface area contributed by atoms with E-state index in [9.17, 15) is 9.59 Å². The maximum atomic E-state index is 12.3. The number of aromatic amines is 2. The molecule has 0 saturated carbocycles. The minimum Gasteiger partial charge on any atom is -0.364 e. The number of amides is 1. The lowest BCUT2D eigenvalue weighted by Gasteiger charge is -2.31. The van der Waals surface area contributed by atoms with E-state index in [0.717, 1.165) is 17.6 Å². The molecule has 7 nitrogen and oxygen atoms in total. The highest BCUT2D eigenvalue weighted by Crippen LogP contribution is 2.26. The van der Waals surface area contributed by atoms with Crippen LogP contribution in [0.1, 0.15) is 13.8 Å². The average Bonchev–Trinajstić information content (AvgIpc) is 2.76. The van der Waals surface area contributed by atoms with Crippen molar-refractivity contribution in [2.45, 2.75) is 26.1 Å². The Balaban J connectivity index is 1.70. The van der Waals surface area contributed by atoms with Gasteiger partial charge in [-0.05, 0) is 41.9 Å². The zero-order chi connectivity index (χ0) is 16.6. The maximum absolute atomic E-state index is 12.3. The summed E-state index contributed by atoms with van der Waals surface area (Å²) in [4.78, 5) is 30.2. The first-order chi connectivity index (χ1) is 10.9. The summed E-state index contributed by atoms with van der Waals surface area (Å²) in [6.07, 6.45) is 0.323.